The fourth-order valence-electron chi connectivity index (χ4n) is 2.03. The summed E-state index contributed by atoms with van der Waals surface area (Å²) in [7, 11) is 1.78. The van der Waals surface area contributed by atoms with Crippen molar-refractivity contribution in [1.29, 1.82) is 0 Å². The summed E-state index contributed by atoms with van der Waals surface area (Å²) in [5.74, 6) is -0.358. The molecule has 0 amide bonds. The lowest BCUT2D eigenvalue weighted by Crippen LogP contribution is -2.05. The van der Waals surface area contributed by atoms with Gasteiger partial charge in [-0.15, -0.1) is 0 Å². The highest BCUT2D eigenvalue weighted by atomic mass is 16.4. The van der Waals surface area contributed by atoms with Gasteiger partial charge in [-0.25, -0.2) is 14.8 Å². The van der Waals surface area contributed by atoms with Crippen LogP contribution in [0, 0.1) is 0 Å². The molecule has 3 aromatic rings. The Morgan fingerprint density at radius 3 is 2.84 bits per heavy atom. The van der Waals surface area contributed by atoms with Crippen molar-refractivity contribution in [1.82, 2.24) is 24.3 Å². The summed E-state index contributed by atoms with van der Waals surface area (Å²) in [6, 6.07) is 5.03. The number of fused-ring (bicyclic) bond motifs is 1. The van der Waals surface area contributed by atoms with E-state index in [9.17, 15) is 9.90 Å². The Balaban J connectivity index is 2.11. The van der Waals surface area contributed by atoms with E-state index in [-0.39, 0.29) is 5.56 Å². The number of hydrogen-bond acceptors (Lipinski definition) is 4. The number of nitrogens with zero attached hydrogens (tertiary/aromatic N) is 5. The quantitative estimate of drug-likeness (QED) is 0.753. The topological polar surface area (TPSA) is 85.8 Å². The highest BCUT2D eigenvalue weighted by Gasteiger charge is 2.14. The zero-order valence-corrected chi connectivity index (χ0v) is 10.2. The Kier molecular flexibility index (Phi) is 2.52. The summed E-state index contributed by atoms with van der Waals surface area (Å²) >= 11 is 0. The molecule has 1 aromatic carbocycles. The molecule has 7 heteroatoms. The molecule has 2 aromatic heterocycles. The molecule has 0 spiro atoms. The molecule has 0 atom stereocenters. The third-order valence-electron chi connectivity index (χ3n) is 2.83. The first-order chi connectivity index (χ1) is 9.15. The van der Waals surface area contributed by atoms with Crippen LogP contribution in [0.4, 0.5) is 0 Å². The van der Waals surface area contributed by atoms with Crippen LogP contribution in [0.25, 0.3) is 11.0 Å². The lowest BCUT2D eigenvalue weighted by molar-refractivity contribution is 0.0698. The van der Waals surface area contributed by atoms with Crippen molar-refractivity contribution in [2.24, 2.45) is 7.05 Å². The van der Waals surface area contributed by atoms with Gasteiger partial charge in [0.25, 0.3) is 0 Å². The number of para-hydroxylation sites is 1. The van der Waals surface area contributed by atoms with Crippen LogP contribution >= 0.6 is 0 Å². The molecule has 19 heavy (non-hydrogen) atoms. The zero-order valence-electron chi connectivity index (χ0n) is 10.2. The van der Waals surface area contributed by atoms with Crippen molar-refractivity contribution < 1.29 is 9.90 Å². The number of aryl methyl sites for hydroxylation is 1. The van der Waals surface area contributed by atoms with E-state index in [0.717, 1.165) is 0 Å². The molecule has 0 saturated carbocycles. The zero-order chi connectivity index (χ0) is 13.4. The van der Waals surface area contributed by atoms with Gasteiger partial charge in [0.15, 0.2) is 5.82 Å². The number of carbonyl (C=O) groups is 1. The second-order valence-electron chi connectivity index (χ2n) is 4.19. The first-order valence-corrected chi connectivity index (χ1v) is 5.67. The lowest BCUT2D eigenvalue weighted by Gasteiger charge is -2.03. The maximum atomic E-state index is 11.2. The van der Waals surface area contributed by atoms with E-state index in [1.807, 2.05) is 0 Å². The van der Waals surface area contributed by atoms with E-state index >= 15 is 0 Å². The van der Waals surface area contributed by atoms with Crippen molar-refractivity contribution in [2.75, 3.05) is 0 Å². The number of aromatic carboxylic acids is 1. The molecule has 0 aliphatic heterocycles. The summed E-state index contributed by atoms with van der Waals surface area (Å²) < 4.78 is 3.35. The summed E-state index contributed by atoms with van der Waals surface area (Å²) in [5.41, 5.74) is 1.46. The van der Waals surface area contributed by atoms with Gasteiger partial charge in [-0.2, -0.15) is 5.10 Å². The molecule has 0 fully saturated rings. The highest BCUT2D eigenvalue weighted by molar-refractivity contribution is 6.01. The summed E-state index contributed by atoms with van der Waals surface area (Å²) in [6.45, 7) is 0.391. The minimum atomic E-state index is -0.971. The van der Waals surface area contributed by atoms with Crippen LogP contribution in [0.1, 0.15) is 16.2 Å². The molecule has 7 nitrogen and oxygen atoms in total. The van der Waals surface area contributed by atoms with Crippen LogP contribution in [-0.2, 0) is 13.6 Å². The first-order valence-electron chi connectivity index (χ1n) is 5.67. The number of aromatic nitrogens is 5. The molecule has 0 bridgehead atoms. The SMILES string of the molecule is Cn1cnc(Cn2cnc3cccc(C(=O)O)c32)n1. The van der Waals surface area contributed by atoms with Crippen LogP contribution in [0.15, 0.2) is 30.9 Å². The maximum Gasteiger partial charge on any atom is 0.337 e. The largest absolute Gasteiger partial charge is 0.478 e. The van der Waals surface area contributed by atoms with E-state index in [0.29, 0.717) is 23.4 Å². The van der Waals surface area contributed by atoms with Crippen molar-refractivity contribution in [3.05, 3.63) is 42.2 Å². The molecule has 0 aliphatic carbocycles. The van der Waals surface area contributed by atoms with Crippen molar-refractivity contribution in [3.8, 4) is 0 Å². The minimum absolute atomic E-state index is 0.228. The summed E-state index contributed by atoms with van der Waals surface area (Å²) in [5, 5.41) is 13.4. The van der Waals surface area contributed by atoms with E-state index in [4.69, 9.17) is 0 Å². The third kappa shape index (κ3) is 1.95. The lowest BCUT2D eigenvalue weighted by atomic mass is 10.2. The van der Waals surface area contributed by atoms with Gasteiger partial charge in [-0.1, -0.05) is 6.07 Å². The predicted molar refractivity (Wildman–Crippen MR) is 66.8 cm³/mol. The molecule has 3 rings (SSSR count). The van der Waals surface area contributed by atoms with Crippen molar-refractivity contribution in [2.45, 2.75) is 6.54 Å². The molecular formula is C12H11N5O2. The standard InChI is InChI=1S/C12H11N5O2/c1-16-6-14-10(15-16)5-17-7-13-9-4-2-3-8(11(9)17)12(18)19/h2-4,6-7H,5H2,1H3,(H,18,19). The number of benzene rings is 1. The molecule has 0 saturated heterocycles. The van der Waals surface area contributed by atoms with Gasteiger partial charge in [0.05, 0.1) is 29.5 Å². The average molecular weight is 257 g/mol. The molecule has 2 heterocycles. The first kappa shape index (κ1) is 11.4. The molecule has 1 N–H and O–H groups in total. The molecule has 0 aliphatic rings. The van der Waals surface area contributed by atoms with Crippen LogP contribution in [-0.4, -0.2) is 35.4 Å². The second kappa shape index (κ2) is 4.20. The van der Waals surface area contributed by atoms with Crippen LogP contribution in [0.3, 0.4) is 0 Å². The molecule has 96 valence electrons. The Bertz CT molecular complexity index is 758. The predicted octanol–water partition coefficient (Wildman–Crippen LogP) is 0.911. The van der Waals surface area contributed by atoms with Gasteiger partial charge in [0.1, 0.15) is 6.33 Å². The average Bonchev–Trinajstić information content (AvgIpc) is 2.97. The molecule has 0 unspecified atom stereocenters. The summed E-state index contributed by atoms with van der Waals surface area (Å²) in [4.78, 5) is 19.6. The van der Waals surface area contributed by atoms with Crippen LogP contribution in [0.2, 0.25) is 0 Å². The fourth-order valence-corrected chi connectivity index (χ4v) is 2.03. The Morgan fingerprint density at radius 2 is 2.16 bits per heavy atom. The fraction of sp³-hybridized carbons (Fsp3) is 0.167. The normalized spacial score (nSPS) is 11.0. The number of hydrogen-bond donors (Lipinski definition) is 1. The van der Waals surface area contributed by atoms with E-state index in [1.165, 1.54) is 0 Å². The Hall–Kier alpha value is -2.70. The Morgan fingerprint density at radius 1 is 1.32 bits per heavy atom. The molecule has 0 radical (unpaired) electrons. The number of imidazole rings is 1. The van der Waals surface area contributed by atoms with Crippen LogP contribution < -0.4 is 0 Å². The van der Waals surface area contributed by atoms with Gasteiger partial charge in [0.2, 0.25) is 0 Å². The van der Waals surface area contributed by atoms with Gasteiger partial charge in [-0.05, 0) is 12.1 Å². The number of carboxylic acids is 1. The third-order valence-corrected chi connectivity index (χ3v) is 2.83. The Labute approximate surface area is 108 Å². The number of carboxylic acid groups (broad SMARTS) is 1. The van der Waals surface area contributed by atoms with E-state index in [2.05, 4.69) is 15.1 Å². The van der Waals surface area contributed by atoms with Crippen molar-refractivity contribution >= 4 is 17.0 Å². The van der Waals surface area contributed by atoms with Crippen LogP contribution in [0.5, 0.6) is 0 Å². The second-order valence-corrected chi connectivity index (χ2v) is 4.19. The highest BCUT2D eigenvalue weighted by Crippen LogP contribution is 2.18. The summed E-state index contributed by atoms with van der Waals surface area (Å²) in [6.07, 6.45) is 3.21. The molecular weight excluding hydrogens is 246 g/mol. The minimum Gasteiger partial charge on any atom is -0.478 e. The van der Waals surface area contributed by atoms with Gasteiger partial charge in [0, 0.05) is 7.05 Å². The van der Waals surface area contributed by atoms with Crippen molar-refractivity contribution in [3.63, 3.8) is 0 Å². The van der Waals surface area contributed by atoms with Gasteiger partial charge < -0.3 is 9.67 Å². The van der Waals surface area contributed by atoms with E-state index in [1.54, 1.807) is 47.2 Å². The van der Waals surface area contributed by atoms with Gasteiger partial charge >= 0.3 is 5.97 Å². The monoisotopic (exact) mass is 257 g/mol. The number of rotatable bonds is 3. The van der Waals surface area contributed by atoms with E-state index < -0.39 is 5.97 Å². The smallest absolute Gasteiger partial charge is 0.337 e. The maximum absolute atomic E-state index is 11.2. The van der Waals surface area contributed by atoms with Gasteiger partial charge in [-0.3, -0.25) is 4.68 Å².